The molecular weight excluding hydrogens is 354 g/mol. The molecule has 0 aliphatic heterocycles. The number of nitrogens with zero attached hydrogens (tertiary/aromatic N) is 1. The SMILES string of the molecule is CCCNC(=O)NCC(c1cccnc1)S(=O)(=O)c1ccc(OC)cc1. The van der Waals surface area contributed by atoms with Gasteiger partial charge in [-0.15, -0.1) is 0 Å². The van der Waals surface area contributed by atoms with Crippen molar-refractivity contribution in [2.75, 3.05) is 20.2 Å². The van der Waals surface area contributed by atoms with Crippen molar-refractivity contribution < 1.29 is 17.9 Å². The van der Waals surface area contributed by atoms with Gasteiger partial charge >= 0.3 is 6.03 Å². The minimum atomic E-state index is -3.73. The molecule has 0 bridgehead atoms. The molecule has 0 fully saturated rings. The number of pyridine rings is 1. The predicted molar refractivity (Wildman–Crippen MR) is 98.9 cm³/mol. The average molecular weight is 377 g/mol. The Kier molecular flexibility index (Phi) is 6.97. The highest BCUT2D eigenvalue weighted by Crippen LogP contribution is 2.29. The summed E-state index contributed by atoms with van der Waals surface area (Å²) in [5.41, 5.74) is 0.513. The number of carbonyl (C=O) groups is 1. The molecule has 1 aromatic heterocycles. The Balaban J connectivity index is 2.28. The maximum atomic E-state index is 13.1. The Morgan fingerprint density at radius 2 is 1.92 bits per heavy atom. The highest BCUT2D eigenvalue weighted by Gasteiger charge is 2.29. The first-order chi connectivity index (χ1) is 12.5. The minimum Gasteiger partial charge on any atom is -0.497 e. The van der Waals surface area contributed by atoms with E-state index in [1.807, 2.05) is 6.92 Å². The van der Waals surface area contributed by atoms with Crippen LogP contribution in [0.4, 0.5) is 4.79 Å². The van der Waals surface area contributed by atoms with E-state index >= 15 is 0 Å². The van der Waals surface area contributed by atoms with Crippen molar-refractivity contribution in [3.8, 4) is 5.75 Å². The van der Waals surface area contributed by atoms with Gasteiger partial charge < -0.3 is 15.4 Å². The highest BCUT2D eigenvalue weighted by atomic mass is 32.2. The first-order valence-corrected chi connectivity index (χ1v) is 9.83. The molecule has 7 nitrogen and oxygen atoms in total. The van der Waals surface area contributed by atoms with E-state index in [2.05, 4.69) is 15.6 Å². The zero-order valence-electron chi connectivity index (χ0n) is 14.8. The van der Waals surface area contributed by atoms with E-state index in [4.69, 9.17) is 4.74 Å². The molecule has 2 N–H and O–H groups in total. The summed E-state index contributed by atoms with van der Waals surface area (Å²) in [4.78, 5) is 16.0. The molecule has 26 heavy (non-hydrogen) atoms. The molecule has 8 heteroatoms. The van der Waals surface area contributed by atoms with Crippen LogP contribution in [0.1, 0.15) is 24.2 Å². The van der Waals surface area contributed by atoms with Crippen molar-refractivity contribution in [2.45, 2.75) is 23.5 Å². The number of ether oxygens (including phenoxy) is 1. The number of hydrogen-bond acceptors (Lipinski definition) is 5. The van der Waals surface area contributed by atoms with E-state index in [0.29, 0.717) is 17.9 Å². The molecule has 2 amide bonds. The average Bonchev–Trinajstić information content (AvgIpc) is 2.67. The normalized spacial score (nSPS) is 12.2. The number of rotatable bonds is 8. The van der Waals surface area contributed by atoms with Crippen molar-refractivity contribution in [3.63, 3.8) is 0 Å². The third-order valence-electron chi connectivity index (χ3n) is 3.80. The smallest absolute Gasteiger partial charge is 0.314 e. The highest BCUT2D eigenvalue weighted by molar-refractivity contribution is 7.91. The fraction of sp³-hybridized carbons (Fsp3) is 0.333. The molecule has 0 saturated heterocycles. The van der Waals surface area contributed by atoms with Crippen molar-refractivity contribution >= 4 is 15.9 Å². The van der Waals surface area contributed by atoms with Gasteiger partial charge in [-0.1, -0.05) is 13.0 Å². The number of benzene rings is 1. The summed E-state index contributed by atoms with van der Waals surface area (Å²) in [5, 5.41) is 4.35. The Bertz CT molecular complexity index is 808. The quantitative estimate of drug-likeness (QED) is 0.736. The van der Waals surface area contributed by atoms with Crippen LogP contribution in [-0.2, 0) is 9.84 Å². The lowest BCUT2D eigenvalue weighted by atomic mass is 10.2. The van der Waals surface area contributed by atoms with Gasteiger partial charge in [0.2, 0.25) is 0 Å². The first kappa shape index (κ1) is 19.7. The third-order valence-corrected chi connectivity index (χ3v) is 5.92. The fourth-order valence-electron chi connectivity index (χ4n) is 2.39. The van der Waals surface area contributed by atoms with Crippen molar-refractivity contribution in [1.82, 2.24) is 15.6 Å². The summed E-state index contributed by atoms with van der Waals surface area (Å²) in [6.07, 6.45) is 3.86. The topological polar surface area (TPSA) is 97.4 Å². The van der Waals surface area contributed by atoms with Gasteiger partial charge in [0.25, 0.3) is 0 Å². The molecule has 1 aromatic carbocycles. The Hall–Kier alpha value is -2.61. The summed E-state index contributed by atoms with van der Waals surface area (Å²) in [6, 6.07) is 9.13. The zero-order valence-corrected chi connectivity index (χ0v) is 15.6. The number of nitrogens with one attached hydrogen (secondary N) is 2. The van der Waals surface area contributed by atoms with Gasteiger partial charge in [-0.3, -0.25) is 4.98 Å². The molecule has 2 rings (SSSR count). The zero-order chi connectivity index (χ0) is 19.0. The van der Waals surface area contributed by atoms with Crippen LogP contribution in [0.5, 0.6) is 5.75 Å². The largest absolute Gasteiger partial charge is 0.497 e. The van der Waals surface area contributed by atoms with Crippen molar-refractivity contribution in [2.24, 2.45) is 0 Å². The number of amides is 2. The van der Waals surface area contributed by atoms with Crippen molar-refractivity contribution in [3.05, 3.63) is 54.4 Å². The van der Waals surface area contributed by atoms with Gasteiger partial charge in [0.1, 0.15) is 11.0 Å². The summed E-state index contributed by atoms with van der Waals surface area (Å²) in [5.74, 6) is 0.568. The predicted octanol–water partition coefficient (Wildman–Crippen LogP) is 2.31. The molecule has 1 heterocycles. The summed E-state index contributed by atoms with van der Waals surface area (Å²) < 4.78 is 31.3. The molecule has 140 valence electrons. The van der Waals surface area contributed by atoms with Crippen LogP contribution < -0.4 is 15.4 Å². The summed E-state index contributed by atoms with van der Waals surface area (Å²) in [6.45, 7) is 2.40. The molecule has 0 saturated carbocycles. The Morgan fingerprint density at radius 3 is 2.50 bits per heavy atom. The number of carbonyl (C=O) groups excluding carboxylic acids is 1. The van der Waals surface area contributed by atoms with E-state index in [1.54, 1.807) is 30.5 Å². The van der Waals surface area contributed by atoms with Crippen LogP contribution in [0.25, 0.3) is 0 Å². The first-order valence-electron chi connectivity index (χ1n) is 8.28. The standard InChI is InChI=1S/C18H23N3O4S/c1-3-10-20-18(22)21-13-17(14-5-4-11-19-12-14)26(23,24)16-8-6-15(25-2)7-9-16/h4-9,11-12,17H,3,10,13H2,1-2H3,(H2,20,21,22). The second-order valence-corrected chi connectivity index (χ2v) is 7.76. The van der Waals surface area contributed by atoms with E-state index in [9.17, 15) is 13.2 Å². The second kappa shape index (κ2) is 9.19. The number of sulfone groups is 1. The van der Waals surface area contributed by atoms with E-state index < -0.39 is 21.1 Å². The lowest BCUT2D eigenvalue weighted by Crippen LogP contribution is -2.39. The minimum absolute atomic E-state index is 0.0599. The Morgan fingerprint density at radius 1 is 1.19 bits per heavy atom. The fourth-order valence-corrected chi connectivity index (χ4v) is 4.03. The lowest BCUT2D eigenvalue weighted by Gasteiger charge is -2.19. The van der Waals surface area contributed by atoms with E-state index in [0.717, 1.165) is 6.42 Å². The van der Waals surface area contributed by atoms with Crippen LogP contribution in [0.15, 0.2) is 53.7 Å². The second-order valence-electron chi connectivity index (χ2n) is 5.63. The molecule has 0 radical (unpaired) electrons. The maximum Gasteiger partial charge on any atom is 0.314 e. The summed E-state index contributed by atoms with van der Waals surface area (Å²) in [7, 11) is -2.22. The molecule has 0 aliphatic carbocycles. The molecule has 2 aromatic rings. The maximum absolute atomic E-state index is 13.1. The molecule has 1 atom stereocenters. The van der Waals surface area contributed by atoms with Gasteiger partial charge in [-0.05, 0) is 42.3 Å². The van der Waals surface area contributed by atoms with Gasteiger partial charge in [-0.2, -0.15) is 0 Å². The number of aromatic nitrogens is 1. The van der Waals surface area contributed by atoms with E-state index in [1.165, 1.54) is 25.4 Å². The van der Waals surface area contributed by atoms with E-state index in [-0.39, 0.29) is 11.4 Å². The molecule has 1 unspecified atom stereocenters. The summed E-state index contributed by atoms with van der Waals surface area (Å²) >= 11 is 0. The lowest BCUT2D eigenvalue weighted by molar-refractivity contribution is 0.241. The van der Waals surface area contributed by atoms with Gasteiger partial charge in [-0.25, -0.2) is 13.2 Å². The number of urea groups is 1. The van der Waals surface area contributed by atoms with Gasteiger partial charge in [0, 0.05) is 25.5 Å². The monoisotopic (exact) mass is 377 g/mol. The van der Waals surface area contributed by atoms with Crippen LogP contribution in [0, 0.1) is 0 Å². The van der Waals surface area contributed by atoms with Crippen LogP contribution in [-0.4, -0.2) is 39.6 Å². The van der Waals surface area contributed by atoms with Crippen LogP contribution in [0.2, 0.25) is 0 Å². The molecule has 0 spiro atoms. The van der Waals surface area contributed by atoms with Crippen LogP contribution >= 0.6 is 0 Å². The van der Waals surface area contributed by atoms with Crippen molar-refractivity contribution in [1.29, 1.82) is 0 Å². The van der Waals surface area contributed by atoms with Crippen LogP contribution in [0.3, 0.4) is 0 Å². The third kappa shape index (κ3) is 4.95. The number of methoxy groups -OCH3 is 1. The van der Waals surface area contributed by atoms with Gasteiger partial charge in [0.15, 0.2) is 9.84 Å². The molecule has 0 aliphatic rings. The number of hydrogen-bond donors (Lipinski definition) is 2. The molecular formula is C18H23N3O4S. The Labute approximate surface area is 153 Å². The van der Waals surface area contributed by atoms with Gasteiger partial charge in [0.05, 0.1) is 12.0 Å².